The van der Waals surface area contributed by atoms with Crippen molar-refractivity contribution in [2.24, 2.45) is 0 Å². The Bertz CT molecular complexity index is 380. The lowest BCUT2D eigenvalue weighted by atomic mass is 10.1. The summed E-state index contributed by atoms with van der Waals surface area (Å²) in [5.41, 5.74) is 0. The highest BCUT2D eigenvalue weighted by atomic mass is 16.5. The van der Waals surface area contributed by atoms with E-state index in [9.17, 15) is 4.79 Å². The molecular formula is C21H35NO2. The summed E-state index contributed by atoms with van der Waals surface area (Å²) in [5.74, 6) is -0.403. The van der Waals surface area contributed by atoms with Crippen molar-refractivity contribution in [3.63, 3.8) is 0 Å². The number of nitrogens with zero attached hydrogens (tertiary/aromatic N) is 1. The van der Waals surface area contributed by atoms with Crippen LogP contribution < -0.4 is 0 Å². The van der Waals surface area contributed by atoms with Crippen LogP contribution in [0.1, 0.15) is 90.4 Å². The molecule has 0 rings (SSSR count). The Morgan fingerprint density at radius 2 is 1.46 bits per heavy atom. The van der Waals surface area contributed by atoms with E-state index in [0.717, 1.165) is 19.3 Å². The third kappa shape index (κ3) is 18.5. The van der Waals surface area contributed by atoms with E-state index < -0.39 is 5.97 Å². The second-order valence-electron chi connectivity index (χ2n) is 6.14. The molecule has 0 aliphatic heterocycles. The smallest absolute Gasteiger partial charge is 0.320 e. The Kier molecular flexibility index (Phi) is 18.2. The number of rotatable bonds is 16. The minimum atomic E-state index is -0.403. The lowest BCUT2D eigenvalue weighted by molar-refractivity contribution is -0.142. The van der Waals surface area contributed by atoms with Crippen LogP contribution in [-0.2, 0) is 9.53 Å². The summed E-state index contributed by atoms with van der Waals surface area (Å²) in [7, 11) is 0. The van der Waals surface area contributed by atoms with Crippen molar-refractivity contribution >= 4 is 5.97 Å². The van der Waals surface area contributed by atoms with Gasteiger partial charge in [0.25, 0.3) is 0 Å². The molecule has 0 aliphatic rings. The molecule has 0 aromatic rings. The third-order valence-corrected chi connectivity index (χ3v) is 3.83. The van der Waals surface area contributed by atoms with E-state index in [4.69, 9.17) is 10.00 Å². The fraction of sp³-hybridized carbons (Fsp3) is 0.714. The average Bonchev–Trinajstić information content (AvgIpc) is 2.58. The highest BCUT2D eigenvalue weighted by Crippen LogP contribution is 2.08. The van der Waals surface area contributed by atoms with Crippen molar-refractivity contribution in [2.45, 2.75) is 90.4 Å². The topological polar surface area (TPSA) is 50.1 Å². The Labute approximate surface area is 148 Å². The van der Waals surface area contributed by atoms with Crippen LogP contribution in [-0.4, -0.2) is 12.6 Å². The number of allylic oxidation sites excluding steroid dienone is 4. The van der Waals surface area contributed by atoms with Gasteiger partial charge in [0.2, 0.25) is 0 Å². The van der Waals surface area contributed by atoms with Gasteiger partial charge < -0.3 is 4.74 Å². The van der Waals surface area contributed by atoms with Crippen LogP contribution in [0.15, 0.2) is 24.3 Å². The van der Waals surface area contributed by atoms with Gasteiger partial charge in [-0.3, -0.25) is 4.79 Å². The molecule has 3 nitrogen and oxygen atoms in total. The van der Waals surface area contributed by atoms with Crippen LogP contribution in [0.2, 0.25) is 0 Å². The summed E-state index contributed by atoms with van der Waals surface area (Å²) < 4.78 is 4.93. The maximum Gasteiger partial charge on any atom is 0.320 e. The van der Waals surface area contributed by atoms with E-state index in [0.29, 0.717) is 6.61 Å². The quantitative estimate of drug-likeness (QED) is 0.190. The molecule has 136 valence electrons. The monoisotopic (exact) mass is 333 g/mol. The molecule has 0 aromatic heterocycles. The van der Waals surface area contributed by atoms with Crippen LogP contribution >= 0.6 is 0 Å². The fourth-order valence-corrected chi connectivity index (χ4v) is 2.39. The highest BCUT2D eigenvalue weighted by molar-refractivity contribution is 5.71. The van der Waals surface area contributed by atoms with Gasteiger partial charge in [0.05, 0.1) is 12.7 Å². The number of unbranched alkanes of at least 4 members (excludes halogenated alkanes) is 9. The van der Waals surface area contributed by atoms with E-state index in [-0.39, 0.29) is 6.42 Å². The first-order valence-electron chi connectivity index (χ1n) is 9.63. The van der Waals surface area contributed by atoms with E-state index in [1.165, 1.54) is 57.8 Å². The maximum absolute atomic E-state index is 10.9. The van der Waals surface area contributed by atoms with Crippen molar-refractivity contribution in [3.8, 4) is 6.07 Å². The van der Waals surface area contributed by atoms with Gasteiger partial charge in [-0.05, 0) is 38.5 Å². The van der Waals surface area contributed by atoms with E-state index >= 15 is 0 Å². The normalized spacial score (nSPS) is 11.2. The number of hydrogen-bond donors (Lipinski definition) is 0. The number of esters is 1. The molecule has 0 aliphatic carbocycles. The summed E-state index contributed by atoms with van der Waals surface area (Å²) in [6.07, 6.45) is 23.4. The number of carbonyl (C=O) groups is 1. The SMILES string of the molecule is CCCCC/C=C\C/C=C\CCCCCCCCOC(=O)CC#N. The van der Waals surface area contributed by atoms with Crippen molar-refractivity contribution in [1.29, 1.82) is 5.26 Å². The van der Waals surface area contributed by atoms with Crippen LogP contribution in [0, 0.1) is 11.3 Å². The molecule has 24 heavy (non-hydrogen) atoms. The average molecular weight is 334 g/mol. The van der Waals surface area contributed by atoms with Crippen LogP contribution in [0.5, 0.6) is 0 Å². The van der Waals surface area contributed by atoms with Gasteiger partial charge in [-0.2, -0.15) is 5.26 Å². The lowest BCUT2D eigenvalue weighted by Crippen LogP contribution is -2.04. The Morgan fingerprint density at radius 1 is 0.875 bits per heavy atom. The Hall–Kier alpha value is -1.56. The number of carbonyl (C=O) groups excluding carboxylic acids is 1. The van der Waals surface area contributed by atoms with Crippen molar-refractivity contribution in [3.05, 3.63) is 24.3 Å². The van der Waals surface area contributed by atoms with Crippen molar-refractivity contribution in [1.82, 2.24) is 0 Å². The molecule has 0 unspecified atom stereocenters. The standard InChI is InChI=1S/C21H35NO2/c1-2-3-4-5-6-7-8-9-10-11-12-13-14-15-16-17-20-24-21(23)18-19-22/h6-7,9-10H,2-5,8,11-18,20H2,1H3/b7-6-,10-9-. The van der Waals surface area contributed by atoms with E-state index in [1.807, 2.05) is 0 Å². The van der Waals surface area contributed by atoms with Gasteiger partial charge in [-0.15, -0.1) is 0 Å². The zero-order chi connectivity index (χ0) is 17.7. The predicted octanol–water partition coefficient (Wildman–Crippen LogP) is 6.26. The van der Waals surface area contributed by atoms with Gasteiger partial charge >= 0.3 is 5.97 Å². The summed E-state index contributed by atoms with van der Waals surface area (Å²) >= 11 is 0. The van der Waals surface area contributed by atoms with E-state index in [2.05, 4.69) is 31.2 Å². The summed E-state index contributed by atoms with van der Waals surface area (Å²) in [6, 6.07) is 1.79. The first-order chi connectivity index (χ1) is 11.8. The number of hydrogen-bond acceptors (Lipinski definition) is 3. The molecule has 0 spiro atoms. The molecular weight excluding hydrogens is 298 g/mol. The van der Waals surface area contributed by atoms with Gasteiger partial charge in [0, 0.05) is 0 Å². The number of ether oxygens (including phenoxy) is 1. The number of nitriles is 1. The Balaban J connectivity index is 3.21. The molecule has 0 bridgehead atoms. The van der Waals surface area contributed by atoms with Crippen LogP contribution in [0.4, 0.5) is 0 Å². The summed E-state index contributed by atoms with van der Waals surface area (Å²) in [5, 5.41) is 8.32. The first kappa shape index (κ1) is 22.4. The van der Waals surface area contributed by atoms with Crippen molar-refractivity contribution < 1.29 is 9.53 Å². The predicted molar refractivity (Wildman–Crippen MR) is 101 cm³/mol. The molecule has 0 saturated carbocycles. The highest BCUT2D eigenvalue weighted by Gasteiger charge is 1.99. The molecule has 0 atom stereocenters. The molecule has 0 radical (unpaired) electrons. The molecule has 0 N–H and O–H groups in total. The van der Waals surface area contributed by atoms with Gasteiger partial charge in [0.15, 0.2) is 0 Å². The summed E-state index contributed by atoms with van der Waals surface area (Å²) in [4.78, 5) is 10.9. The van der Waals surface area contributed by atoms with Gasteiger partial charge in [-0.25, -0.2) is 0 Å². The molecule has 0 aromatic carbocycles. The van der Waals surface area contributed by atoms with Gasteiger partial charge in [0.1, 0.15) is 6.42 Å². The van der Waals surface area contributed by atoms with Crippen molar-refractivity contribution in [2.75, 3.05) is 6.61 Å². The largest absolute Gasteiger partial charge is 0.465 e. The minimum Gasteiger partial charge on any atom is -0.465 e. The molecule has 0 heterocycles. The second-order valence-corrected chi connectivity index (χ2v) is 6.14. The van der Waals surface area contributed by atoms with E-state index in [1.54, 1.807) is 6.07 Å². The molecule has 0 saturated heterocycles. The minimum absolute atomic E-state index is 0.137. The Morgan fingerprint density at radius 3 is 2.08 bits per heavy atom. The molecule has 0 fully saturated rings. The first-order valence-corrected chi connectivity index (χ1v) is 9.63. The molecule has 3 heteroatoms. The maximum atomic E-state index is 10.9. The van der Waals surface area contributed by atoms with Crippen LogP contribution in [0.25, 0.3) is 0 Å². The van der Waals surface area contributed by atoms with Gasteiger partial charge in [-0.1, -0.05) is 69.8 Å². The summed E-state index contributed by atoms with van der Waals surface area (Å²) in [6.45, 7) is 2.69. The second kappa shape index (κ2) is 19.5. The molecule has 0 amide bonds. The van der Waals surface area contributed by atoms with Crippen LogP contribution in [0.3, 0.4) is 0 Å². The lowest BCUT2D eigenvalue weighted by Gasteiger charge is -2.02. The zero-order valence-electron chi connectivity index (χ0n) is 15.5. The zero-order valence-corrected chi connectivity index (χ0v) is 15.5. The third-order valence-electron chi connectivity index (χ3n) is 3.83. The fourth-order valence-electron chi connectivity index (χ4n) is 2.39.